The van der Waals surface area contributed by atoms with Crippen LogP contribution in [-0.2, 0) is 14.9 Å². The molecule has 0 atom stereocenters. The number of pyridine rings is 1. The normalized spacial score (nSPS) is 16.6. The van der Waals surface area contributed by atoms with Gasteiger partial charge in [-0.3, -0.25) is 9.78 Å². The van der Waals surface area contributed by atoms with E-state index in [0.717, 1.165) is 0 Å². The van der Waals surface area contributed by atoms with E-state index in [9.17, 15) is 9.59 Å². The Morgan fingerprint density at radius 2 is 2.19 bits per heavy atom. The van der Waals surface area contributed by atoms with Crippen LogP contribution in [-0.4, -0.2) is 24.0 Å². The summed E-state index contributed by atoms with van der Waals surface area (Å²) in [4.78, 5) is 27.1. The van der Waals surface area contributed by atoms with Gasteiger partial charge < -0.3 is 10.1 Å². The van der Waals surface area contributed by atoms with Crippen molar-refractivity contribution in [3.8, 4) is 0 Å². The van der Waals surface area contributed by atoms with Crippen LogP contribution in [0.2, 0.25) is 0 Å². The standard InChI is InChI=1S/C11H12N2O3/c1-11(2)8-7(13-10(11)15)4-6(5-12-8)9(14)16-3/h4-5H,1-3H3,(H,13,15). The molecule has 0 aromatic carbocycles. The van der Waals surface area contributed by atoms with E-state index >= 15 is 0 Å². The van der Waals surface area contributed by atoms with E-state index in [4.69, 9.17) is 0 Å². The first-order chi connectivity index (χ1) is 7.46. The average molecular weight is 220 g/mol. The van der Waals surface area contributed by atoms with Crippen molar-refractivity contribution < 1.29 is 14.3 Å². The molecule has 2 rings (SSSR count). The molecule has 1 amide bonds. The molecule has 5 nitrogen and oxygen atoms in total. The van der Waals surface area contributed by atoms with Crippen molar-refractivity contribution >= 4 is 17.6 Å². The second-order valence-corrected chi connectivity index (χ2v) is 4.19. The molecule has 0 saturated heterocycles. The third-order valence-corrected chi connectivity index (χ3v) is 2.72. The van der Waals surface area contributed by atoms with Crippen molar-refractivity contribution in [2.75, 3.05) is 12.4 Å². The third-order valence-electron chi connectivity index (χ3n) is 2.72. The molecule has 0 fully saturated rings. The smallest absolute Gasteiger partial charge is 0.339 e. The number of nitrogens with zero attached hydrogens (tertiary/aromatic N) is 1. The quantitative estimate of drug-likeness (QED) is 0.719. The van der Waals surface area contributed by atoms with E-state index in [2.05, 4.69) is 15.0 Å². The summed E-state index contributed by atoms with van der Waals surface area (Å²) < 4.78 is 4.58. The number of hydrogen-bond donors (Lipinski definition) is 1. The highest BCUT2D eigenvalue weighted by Crippen LogP contribution is 2.35. The van der Waals surface area contributed by atoms with E-state index < -0.39 is 11.4 Å². The van der Waals surface area contributed by atoms with Gasteiger partial charge in [-0.15, -0.1) is 0 Å². The number of methoxy groups -OCH3 is 1. The molecule has 1 N–H and O–H groups in total. The van der Waals surface area contributed by atoms with Crippen LogP contribution in [0.3, 0.4) is 0 Å². The monoisotopic (exact) mass is 220 g/mol. The Balaban J connectivity index is 2.48. The molecular weight excluding hydrogens is 208 g/mol. The minimum absolute atomic E-state index is 0.114. The molecule has 16 heavy (non-hydrogen) atoms. The van der Waals surface area contributed by atoms with Crippen molar-refractivity contribution in [2.45, 2.75) is 19.3 Å². The first-order valence-electron chi connectivity index (χ1n) is 4.87. The summed E-state index contributed by atoms with van der Waals surface area (Å²) in [6, 6.07) is 1.58. The zero-order valence-electron chi connectivity index (χ0n) is 9.33. The van der Waals surface area contributed by atoms with Gasteiger partial charge in [0, 0.05) is 6.20 Å². The highest BCUT2D eigenvalue weighted by Gasteiger charge is 2.40. The number of esters is 1. The summed E-state index contributed by atoms with van der Waals surface area (Å²) in [6.07, 6.45) is 1.42. The Labute approximate surface area is 92.8 Å². The lowest BCUT2D eigenvalue weighted by atomic mass is 9.90. The number of carbonyl (C=O) groups is 2. The molecule has 84 valence electrons. The summed E-state index contributed by atoms with van der Waals surface area (Å²) >= 11 is 0. The Kier molecular flexibility index (Phi) is 2.18. The Morgan fingerprint density at radius 3 is 2.81 bits per heavy atom. The lowest BCUT2D eigenvalue weighted by Crippen LogP contribution is -2.27. The molecule has 2 heterocycles. The minimum atomic E-state index is -0.649. The predicted molar refractivity (Wildman–Crippen MR) is 57.2 cm³/mol. The first kappa shape index (κ1) is 10.6. The number of amides is 1. The van der Waals surface area contributed by atoms with Gasteiger partial charge in [-0.1, -0.05) is 0 Å². The van der Waals surface area contributed by atoms with Crippen LogP contribution in [0.4, 0.5) is 5.69 Å². The molecule has 0 bridgehead atoms. The van der Waals surface area contributed by atoms with Crippen molar-refractivity contribution in [1.29, 1.82) is 0 Å². The third kappa shape index (κ3) is 1.36. The lowest BCUT2D eigenvalue weighted by molar-refractivity contribution is -0.119. The van der Waals surface area contributed by atoms with Gasteiger partial charge in [0.05, 0.1) is 29.5 Å². The molecule has 1 aromatic heterocycles. The highest BCUT2D eigenvalue weighted by molar-refractivity contribution is 6.05. The van der Waals surface area contributed by atoms with Crippen LogP contribution in [0, 0.1) is 0 Å². The highest BCUT2D eigenvalue weighted by atomic mass is 16.5. The number of anilines is 1. The van der Waals surface area contributed by atoms with Gasteiger partial charge in [0.15, 0.2) is 0 Å². The predicted octanol–water partition coefficient (Wildman–Crippen LogP) is 1.10. The SMILES string of the molecule is COC(=O)c1cnc2c(c1)NC(=O)C2(C)C. The van der Waals surface area contributed by atoms with E-state index in [-0.39, 0.29) is 5.91 Å². The maximum Gasteiger partial charge on any atom is 0.339 e. The van der Waals surface area contributed by atoms with Crippen LogP contribution in [0.25, 0.3) is 0 Å². The Hall–Kier alpha value is -1.91. The average Bonchev–Trinajstić information content (AvgIpc) is 2.48. The molecule has 1 aromatic rings. The van der Waals surface area contributed by atoms with Crippen LogP contribution in [0.15, 0.2) is 12.3 Å². The zero-order valence-corrected chi connectivity index (χ0v) is 9.33. The topological polar surface area (TPSA) is 68.3 Å². The van der Waals surface area contributed by atoms with E-state index in [0.29, 0.717) is 16.9 Å². The van der Waals surface area contributed by atoms with Gasteiger partial charge in [-0.25, -0.2) is 4.79 Å². The number of carbonyl (C=O) groups excluding carboxylic acids is 2. The molecule has 5 heteroatoms. The molecular formula is C11H12N2O3. The Morgan fingerprint density at radius 1 is 1.50 bits per heavy atom. The van der Waals surface area contributed by atoms with Gasteiger partial charge in [0.1, 0.15) is 0 Å². The van der Waals surface area contributed by atoms with Crippen molar-refractivity contribution in [1.82, 2.24) is 4.98 Å². The van der Waals surface area contributed by atoms with Crippen molar-refractivity contribution in [3.05, 3.63) is 23.5 Å². The molecule has 0 unspecified atom stereocenters. The summed E-state index contributed by atoms with van der Waals surface area (Å²) in [6.45, 7) is 3.58. The summed E-state index contributed by atoms with van der Waals surface area (Å²) in [7, 11) is 1.30. The minimum Gasteiger partial charge on any atom is -0.465 e. The van der Waals surface area contributed by atoms with Gasteiger partial charge in [0.25, 0.3) is 0 Å². The van der Waals surface area contributed by atoms with E-state index in [1.54, 1.807) is 19.9 Å². The Bertz CT molecular complexity index is 480. The number of hydrogen-bond acceptors (Lipinski definition) is 4. The fourth-order valence-corrected chi connectivity index (χ4v) is 1.67. The second-order valence-electron chi connectivity index (χ2n) is 4.19. The zero-order chi connectivity index (χ0) is 11.9. The van der Waals surface area contributed by atoms with Crippen LogP contribution in [0.5, 0.6) is 0 Å². The summed E-state index contributed by atoms with van der Waals surface area (Å²) in [5.74, 6) is -0.578. The summed E-state index contributed by atoms with van der Waals surface area (Å²) in [5.41, 5.74) is 0.923. The maximum absolute atomic E-state index is 11.6. The largest absolute Gasteiger partial charge is 0.465 e. The van der Waals surface area contributed by atoms with Crippen LogP contribution >= 0.6 is 0 Å². The number of nitrogens with one attached hydrogen (secondary N) is 1. The van der Waals surface area contributed by atoms with Gasteiger partial charge in [-0.05, 0) is 19.9 Å². The second kappa shape index (κ2) is 3.30. The fraction of sp³-hybridized carbons (Fsp3) is 0.364. The number of ether oxygens (including phenoxy) is 1. The number of fused-ring (bicyclic) bond motifs is 1. The van der Waals surface area contributed by atoms with E-state index in [1.165, 1.54) is 13.3 Å². The fourth-order valence-electron chi connectivity index (χ4n) is 1.67. The summed E-state index contributed by atoms with van der Waals surface area (Å²) in [5, 5.41) is 2.70. The number of aromatic nitrogens is 1. The first-order valence-corrected chi connectivity index (χ1v) is 4.87. The lowest BCUT2D eigenvalue weighted by Gasteiger charge is -2.13. The molecule has 1 aliphatic heterocycles. The van der Waals surface area contributed by atoms with Gasteiger partial charge in [-0.2, -0.15) is 0 Å². The maximum atomic E-state index is 11.6. The molecule has 0 radical (unpaired) electrons. The van der Waals surface area contributed by atoms with Crippen LogP contribution < -0.4 is 5.32 Å². The molecule has 0 aliphatic carbocycles. The van der Waals surface area contributed by atoms with Crippen molar-refractivity contribution in [2.24, 2.45) is 0 Å². The molecule has 0 saturated carbocycles. The van der Waals surface area contributed by atoms with Crippen molar-refractivity contribution in [3.63, 3.8) is 0 Å². The molecule has 0 spiro atoms. The van der Waals surface area contributed by atoms with Gasteiger partial charge in [0.2, 0.25) is 5.91 Å². The van der Waals surface area contributed by atoms with Crippen LogP contribution in [0.1, 0.15) is 29.9 Å². The van der Waals surface area contributed by atoms with E-state index in [1.807, 2.05) is 0 Å². The number of rotatable bonds is 1. The molecule has 1 aliphatic rings. The van der Waals surface area contributed by atoms with Gasteiger partial charge >= 0.3 is 5.97 Å².